The minimum atomic E-state index is -4.62. The Bertz CT molecular complexity index is 1210. The first kappa shape index (κ1) is 21.9. The van der Waals surface area contributed by atoms with Gasteiger partial charge in [-0.25, -0.2) is 0 Å². The van der Waals surface area contributed by atoms with Crippen molar-refractivity contribution in [1.29, 1.82) is 0 Å². The Morgan fingerprint density at radius 1 is 1.00 bits per heavy atom. The van der Waals surface area contributed by atoms with E-state index in [1.54, 1.807) is 18.2 Å². The smallest absolute Gasteiger partial charge is 0.418 e. The number of hydrogen-bond acceptors (Lipinski definition) is 4. The predicted molar refractivity (Wildman–Crippen MR) is 115 cm³/mol. The van der Waals surface area contributed by atoms with Crippen LogP contribution in [0.15, 0.2) is 41.2 Å². The molecule has 1 heterocycles. The van der Waals surface area contributed by atoms with Crippen molar-refractivity contribution in [2.45, 2.75) is 38.8 Å². The Morgan fingerprint density at radius 2 is 1.66 bits per heavy atom. The number of fused-ring (bicyclic) bond motifs is 1. The number of benzene rings is 2. The summed E-state index contributed by atoms with van der Waals surface area (Å²) >= 11 is 0. The van der Waals surface area contributed by atoms with Crippen LogP contribution in [0.25, 0.3) is 16.9 Å². The molecule has 3 aromatic rings. The second-order valence-electron chi connectivity index (χ2n) is 7.68. The molecule has 0 aliphatic heterocycles. The van der Waals surface area contributed by atoms with E-state index in [1.165, 1.54) is 26.4 Å². The minimum absolute atomic E-state index is 0.257. The van der Waals surface area contributed by atoms with Crippen LogP contribution in [0.1, 0.15) is 35.6 Å². The summed E-state index contributed by atoms with van der Waals surface area (Å²) in [5.74, 6) is 1.05. The molecule has 0 fully saturated rings. The molecular formula is C24H23F3N2O3. The van der Waals surface area contributed by atoms with Crippen molar-refractivity contribution in [2.75, 3.05) is 14.2 Å². The van der Waals surface area contributed by atoms with Gasteiger partial charge in [0.1, 0.15) is 11.5 Å². The van der Waals surface area contributed by atoms with E-state index in [-0.39, 0.29) is 5.69 Å². The summed E-state index contributed by atoms with van der Waals surface area (Å²) in [4.78, 5) is 13.3. The van der Waals surface area contributed by atoms with Crippen LogP contribution in [0.2, 0.25) is 0 Å². The zero-order valence-electron chi connectivity index (χ0n) is 18.0. The fourth-order valence-electron chi connectivity index (χ4n) is 4.13. The average Bonchev–Trinajstić information content (AvgIpc) is 3.28. The predicted octanol–water partition coefficient (Wildman–Crippen LogP) is 4.99. The third-order valence-electron chi connectivity index (χ3n) is 5.78. The van der Waals surface area contributed by atoms with E-state index in [2.05, 4.69) is 5.10 Å². The molecule has 0 spiro atoms. The Labute approximate surface area is 183 Å². The van der Waals surface area contributed by atoms with Gasteiger partial charge in [-0.1, -0.05) is 13.0 Å². The van der Waals surface area contributed by atoms with Crippen LogP contribution in [0.5, 0.6) is 11.5 Å². The molecule has 1 aliphatic carbocycles. The second kappa shape index (κ2) is 8.33. The van der Waals surface area contributed by atoms with Crippen molar-refractivity contribution in [1.82, 2.24) is 9.78 Å². The third kappa shape index (κ3) is 3.85. The quantitative estimate of drug-likeness (QED) is 0.557. The van der Waals surface area contributed by atoms with E-state index in [1.807, 2.05) is 6.92 Å². The maximum absolute atomic E-state index is 13.8. The molecule has 0 amide bonds. The Hall–Kier alpha value is -3.29. The summed E-state index contributed by atoms with van der Waals surface area (Å²) in [7, 11) is 3.03. The third-order valence-corrected chi connectivity index (χ3v) is 5.78. The van der Waals surface area contributed by atoms with Crippen LogP contribution >= 0.6 is 0 Å². The van der Waals surface area contributed by atoms with Gasteiger partial charge in [-0.05, 0) is 61.1 Å². The Kier molecular flexibility index (Phi) is 5.71. The molecule has 5 nitrogen and oxygen atoms in total. The van der Waals surface area contributed by atoms with Gasteiger partial charge < -0.3 is 9.47 Å². The highest BCUT2D eigenvalue weighted by Gasteiger charge is 2.35. The lowest BCUT2D eigenvalue weighted by Gasteiger charge is -2.18. The van der Waals surface area contributed by atoms with E-state index in [9.17, 15) is 18.0 Å². The monoisotopic (exact) mass is 444 g/mol. The van der Waals surface area contributed by atoms with Crippen LogP contribution in [0.4, 0.5) is 13.2 Å². The summed E-state index contributed by atoms with van der Waals surface area (Å²) in [5, 5.41) is 4.48. The first-order valence-corrected chi connectivity index (χ1v) is 10.4. The highest BCUT2D eigenvalue weighted by atomic mass is 19.4. The molecule has 0 atom stereocenters. The molecule has 2 aromatic carbocycles. The summed E-state index contributed by atoms with van der Waals surface area (Å²) in [5.41, 5.74) is 1.39. The SMILES string of the molecule is CCc1ccc(C(F)(F)F)c(-n2nc(-c3cc(OC)cc(OC)c3)c3c(c2=O)CCC3)c1. The average molecular weight is 444 g/mol. The van der Waals surface area contributed by atoms with Crippen LogP contribution < -0.4 is 15.0 Å². The number of nitrogens with zero attached hydrogens (tertiary/aromatic N) is 2. The molecule has 0 radical (unpaired) electrons. The van der Waals surface area contributed by atoms with E-state index < -0.39 is 17.3 Å². The maximum atomic E-state index is 13.8. The molecule has 0 bridgehead atoms. The Morgan fingerprint density at radius 3 is 2.25 bits per heavy atom. The van der Waals surface area contributed by atoms with Gasteiger partial charge in [-0.2, -0.15) is 23.0 Å². The Balaban J connectivity index is 2.04. The number of aromatic nitrogens is 2. The number of rotatable bonds is 5. The van der Waals surface area contributed by atoms with E-state index >= 15 is 0 Å². The topological polar surface area (TPSA) is 53.4 Å². The first-order chi connectivity index (χ1) is 15.3. The molecule has 1 aromatic heterocycles. The molecule has 168 valence electrons. The number of hydrogen-bond donors (Lipinski definition) is 0. The van der Waals surface area contributed by atoms with Crippen LogP contribution in [0.3, 0.4) is 0 Å². The van der Waals surface area contributed by atoms with Gasteiger partial charge in [-0.3, -0.25) is 4.79 Å². The number of aryl methyl sites for hydroxylation is 1. The molecule has 0 unspecified atom stereocenters. The van der Waals surface area contributed by atoms with Gasteiger partial charge >= 0.3 is 6.18 Å². The molecular weight excluding hydrogens is 421 g/mol. The zero-order chi connectivity index (χ0) is 23.0. The maximum Gasteiger partial charge on any atom is 0.418 e. The molecule has 32 heavy (non-hydrogen) atoms. The molecule has 4 rings (SSSR count). The molecule has 0 N–H and O–H groups in total. The lowest BCUT2D eigenvalue weighted by atomic mass is 10.0. The lowest BCUT2D eigenvalue weighted by molar-refractivity contribution is -0.137. The second-order valence-corrected chi connectivity index (χ2v) is 7.68. The van der Waals surface area contributed by atoms with Crippen molar-refractivity contribution in [3.05, 3.63) is 69.0 Å². The van der Waals surface area contributed by atoms with Gasteiger partial charge in [0, 0.05) is 17.2 Å². The highest BCUT2D eigenvalue weighted by molar-refractivity contribution is 5.68. The normalized spacial score (nSPS) is 13.2. The summed E-state index contributed by atoms with van der Waals surface area (Å²) < 4.78 is 53.1. The summed E-state index contributed by atoms with van der Waals surface area (Å²) in [6.07, 6.45) is -2.22. The van der Waals surface area contributed by atoms with Crippen molar-refractivity contribution in [2.24, 2.45) is 0 Å². The van der Waals surface area contributed by atoms with Crippen molar-refractivity contribution in [3.8, 4) is 28.4 Å². The first-order valence-electron chi connectivity index (χ1n) is 10.4. The van der Waals surface area contributed by atoms with Crippen molar-refractivity contribution in [3.63, 3.8) is 0 Å². The molecule has 0 saturated heterocycles. The zero-order valence-corrected chi connectivity index (χ0v) is 18.0. The molecule has 1 aliphatic rings. The number of halogens is 3. The van der Waals surface area contributed by atoms with E-state index in [0.29, 0.717) is 53.1 Å². The molecule has 0 saturated carbocycles. The number of ether oxygens (including phenoxy) is 2. The fourth-order valence-corrected chi connectivity index (χ4v) is 4.13. The lowest BCUT2D eigenvalue weighted by Crippen LogP contribution is -2.28. The standard InChI is InChI=1S/C24H23F3N2O3/c1-4-14-8-9-20(24(25,26)27)21(10-14)29-23(30)19-7-5-6-18(19)22(28-29)15-11-16(31-2)13-17(12-15)32-3/h8-13H,4-7H2,1-3H3. The van der Waals surface area contributed by atoms with Gasteiger partial charge in [0.25, 0.3) is 5.56 Å². The van der Waals surface area contributed by atoms with Crippen LogP contribution in [-0.4, -0.2) is 24.0 Å². The van der Waals surface area contributed by atoms with Crippen LogP contribution in [-0.2, 0) is 25.4 Å². The fraction of sp³-hybridized carbons (Fsp3) is 0.333. The highest BCUT2D eigenvalue weighted by Crippen LogP contribution is 2.37. The summed E-state index contributed by atoms with van der Waals surface area (Å²) in [6, 6.07) is 9.03. The summed E-state index contributed by atoms with van der Waals surface area (Å²) in [6.45, 7) is 1.85. The van der Waals surface area contributed by atoms with Gasteiger partial charge in [0.2, 0.25) is 0 Å². The largest absolute Gasteiger partial charge is 0.497 e. The van der Waals surface area contributed by atoms with Gasteiger partial charge in [-0.15, -0.1) is 0 Å². The molecule has 8 heteroatoms. The van der Waals surface area contributed by atoms with Gasteiger partial charge in [0.15, 0.2) is 0 Å². The van der Waals surface area contributed by atoms with Crippen molar-refractivity contribution >= 4 is 0 Å². The van der Waals surface area contributed by atoms with Crippen molar-refractivity contribution < 1.29 is 22.6 Å². The number of alkyl halides is 3. The number of methoxy groups -OCH3 is 2. The van der Waals surface area contributed by atoms with Gasteiger partial charge in [0.05, 0.1) is 31.2 Å². The van der Waals surface area contributed by atoms with Crippen LogP contribution in [0, 0.1) is 0 Å². The van der Waals surface area contributed by atoms with E-state index in [0.717, 1.165) is 22.7 Å². The minimum Gasteiger partial charge on any atom is -0.497 e. The van der Waals surface area contributed by atoms with E-state index in [4.69, 9.17) is 9.47 Å².